The van der Waals surface area contributed by atoms with E-state index in [1.807, 2.05) is 12.1 Å². The maximum absolute atomic E-state index is 11.4. The Morgan fingerprint density at radius 2 is 2.18 bits per heavy atom. The quantitative estimate of drug-likeness (QED) is 0.651. The van der Waals surface area contributed by atoms with Gasteiger partial charge >= 0.3 is 5.97 Å². The fraction of sp³-hybridized carbons (Fsp3) is 0.615. The van der Waals surface area contributed by atoms with Crippen molar-refractivity contribution in [2.75, 3.05) is 26.2 Å². The Bertz CT molecular complexity index is 304. The summed E-state index contributed by atoms with van der Waals surface area (Å²) in [5.74, 6) is 0.666. The summed E-state index contributed by atoms with van der Waals surface area (Å²) < 4.78 is 10.3. The van der Waals surface area contributed by atoms with E-state index in [1.165, 1.54) is 0 Å². The summed E-state index contributed by atoms with van der Waals surface area (Å²) in [6.07, 6.45) is 2.60. The summed E-state index contributed by atoms with van der Waals surface area (Å²) in [6.45, 7) is 7.45. The lowest BCUT2D eigenvalue weighted by molar-refractivity contribution is -0.144. The molecule has 0 spiro atoms. The second-order valence-electron chi connectivity index (χ2n) is 3.83. The van der Waals surface area contributed by atoms with Gasteiger partial charge in [0.2, 0.25) is 0 Å². The van der Waals surface area contributed by atoms with E-state index >= 15 is 0 Å². The highest BCUT2D eigenvalue weighted by atomic mass is 16.5. The van der Waals surface area contributed by atoms with Crippen molar-refractivity contribution in [3.63, 3.8) is 0 Å². The standard InChI is InChI=1S/C13H21NO3/c1-3-14(4-2)9-11-17-13(15)8-7-12-6-5-10-16-12/h5-6,10H,3-4,7-9,11H2,1-2H3. The molecule has 1 rings (SSSR count). The van der Waals surface area contributed by atoms with Crippen LogP contribution in [0.25, 0.3) is 0 Å². The fourth-order valence-corrected chi connectivity index (χ4v) is 1.58. The van der Waals surface area contributed by atoms with E-state index in [-0.39, 0.29) is 5.97 Å². The first kappa shape index (κ1) is 13.8. The molecule has 0 unspecified atom stereocenters. The highest BCUT2D eigenvalue weighted by molar-refractivity contribution is 5.69. The van der Waals surface area contributed by atoms with Crippen LogP contribution in [0, 0.1) is 0 Å². The van der Waals surface area contributed by atoms with Crippen LogP contribution in [-0.4, -0.2) is 37.1 Å². The van der Waals surface area contributed by atoms with Gasteiger partial charge in [-0.3, -0.25) is 4.79 Å². The molecular formula is C13H21NO3. The third-order valence-corrected chi connectivity index (χ3v) is 2.72. The number of hydrogen-bond donors (Lipinski definition) is 0. The molecule has 0 atom stereocenters. The molecule has 0 saturated carbocycles. The molecule has 0 aliphatic rings. The zero-order chi connectivity index (χ0) is 12.5. The Morgan fingerprint density at radius 1 is 1.41 bits per heavy atom. The maximum Gasteiger partial charge on any atom is 0.306 e. The molecule has 0 fully saturated rings. The van der Waals surface area contributed by atoms with Crippen LogP contribution in [0.4, 0.5) is 0 Å². The van der Waals surface area contributed by atoms with Gasteiger partial charge in [-0.25, -0.2) is 0 Å². The number of likely N-dealkylation sites (N-methyl/N-ethyl adjacent to an activating group) is 1. The van der Waals surface area contributed by atoms with Crippen molar-refractivity contribution in [3.05, 3.63) is 24.2 Å². The minimum atomic E-state index is -0.159. The largest absolute Gasteiger partial charge is 0.469 e. The lowest BCUT2D eigenvalue weighted by Crippen LogP contribution is -2.27. The highest BCUT2D eigenvalue weighted by Crippen LogP contribution is 2.04. The third kappa shape index (κ3) is 5.54. The van der Waals surface area contributed by atoms with Gasteiger partial charge in [-0.2, -0.15) is 0 Å². The molecule has 0 bridgehead atoms. The van der Waals surface area contributed by atoms with Crippen LogP contribution < -0.4 is 0 Å². The lowest BCUT2D eigenvalue weighted by atomic mass is 10.2. The number of esters is 1. The number of aryl methyl sites for hydroxylation is 1. The fourth-order valence-electron chi connectivity index (χ4n) is 1.58. The molecule has 17 heavy (non-hydrogen) atoms. The van der Waals surface area contributed by atoms with Gasteiger partial charge in [0, 0.05) is 13.0 Å². The normalized spacial score (nSPS) is 10.8. The first-order chi connectivity index (χ1) is 8.26. The van der Waals surface area contributed by atoms with Gasteiger partial charge in [-0.05, 0) is 25.2 Å². The van der Waals surface area contributed by atoms with Crippen molar-refractivity contribution < 1.29 is 13.9 Å². The Labute approximate surface area is 103 Å². The number of hydrogen-bond acceptors (Lipinski definition) is 4. The molecule has 0 saturated heterocycles. The van der Waals surface area contributed by atoms with Crippen molar-refractivity contribution >= 4 is 5.97 Å². The lowest BCUT2D eigenvalue weighted by Gasteiger charge is -2.17. The van der Waals surface area contributed by atoms with E-state index in [0.29, 0.717) is 19.4 Å². The minimum absolute atomic E-state index is 0.159. The van der Waals surface area contributed by atoms with Gasteiger partial charge in [0.15, 0.2) is 0 Å². The van der Waals surface area contributed by atoms with Crippen LogP contribution in [0.15, 0.2) is 22.8 Å². The molecule has 0 amide bonds. The van der Waals surface area contributed by atoms with Gasteiger partial charge in [0.05, 0.1) is 12.7 Å². The van der Waals surface area contributed by atoms with E-state index in [4.69, 9.17) is 9.15 Å². The number of carbonyl (C=O) groups excluding carboxylic acids is 1. The van der Waals surface area contributed by atoms with Crippen LogP contribution in [0.3, 0.4) is 0 Å². The van der Waals surface area contributed by atoms with Gasteiger partial charge in [-0.1, -0.05) is 13.8 Å². The monoisotopic (exact) mass is 239 g/mol. The summed E-state index contributed by atoms with van der Waals surface area (Å²) in [4.78, 5) is 13.6. The molecule has 1 aromatic heterocycles. The van der Waals surface area contributed by atoms with Gasteiger partial charge in [0.25, 0.3) is 0 Å². The second-order valence-corrected chi connectivity index (χ2v) is 3.83. The van der Waals surface area contributed by atoms with Crippen LogP contribution in [0.2, 0.25) is 0 Å². The molecule has 0 radical (unpaired) electrons. The van der Waals surface area contributed by atoms with Crippen molar-refractivity contribution in [1.29, 1.82) is 0 Å². The van der Waals surface area contributed by atoms with Gasteiger partial charge in [-0.15, -0.1) is 0 Å². The number of nitrogens with zero attached hydrogens (tertiary/aromatic N) is 1. The molecular weight excluding hydrogens is 218 g/mol. The Hall–Kier alpha value is -1.29. The van der Waals surface area contributed by atoms with Crippen molar-refractivity contribution in [2.45, 2.75) is 26.7 Å². The molecule has 1 aromatic rings. The molecule has 4 heteroatoms. The Balaban J connectivity index is 2.09. The van der Waals surface area contributed by atoms with Crippen molar-refractivity contribution in [2.24, 2.45) is 0 Å². The summed E-state index contributed by atoms with van der Waals surface area (Å²) in [7, 11) is 0. The molecule has 4 nitrogen and oxygen atoms in total. The van der Waals surface area contributed by atoms with Crippen LogP contribution in [0.5, 0.6) is 0 Å². The molecule has 0 aromatic carbocycles. The zero-order valence-corrected chi connectivity index (χ0v) is 10.6. The maximum atomic E-state index is 11.4. The molecule has 0 aliphatic heterocycles. The number of carbonyl (C=O) groups is 1. The highest BCUT2D eigenvalue weighted by Gasteiger charge is 2.06. The topological polar surface area (TPSA) is 42.7 Å². The van der Waals surface area contributed by atoms with Crippen LogP contribution in [0.1, 0.15) is 26.0 Å². The average Bonchev–Trinajstić information content (AvgIpc) is 2.85. The van der Waals surface area contributed by atoms with E-state index in [2.05, 4.69) is 18.7 Å². The third-order valence-electron chi connectivity index (χ3n) is 2.72. The first-order valence-corrected chi connectivity index (χ1v) is 6.16. The smallest absolute Gasteiger partial charge is 0.306 e. The Morgan fingerprint density at radius 3 is 2.76 bits per heavy atom. The summed E-state index contributed by atoms with van der Waals surface area (Å²) in [5.41, 5.74) is 0. The first-order valence-electron chi connectivity index (χ1n) is 6.16. The number of rotatable bonds is 8. The summed E-state index contributed by atoms with van der Waals surface area (Å²) >= 11 is 0. The number of furan rings is 1. The van der Waals surface area contributed by atoms with Crippen LogP contribution in [-0.2, 0) is 16.0 Å². The van der Waals surface area contributed by atoms with Crippen molar-refractivity contribution in [3.8, 4) is 0 Å². The average molecular weight is 239 g/mol. The predicted molar refractivity (Wildman–Crippen MR) is 65.8 cm³/mol. The molecule has 0 N–H and O–H groups in total. The molecule has 0 aliphatic carbocycles. The Kier molecular flexibility index (Phi) is 6.40. The summed E-state index contributed by atoms with van der Waals surface area (Å²) in [5, 5.41) is 0. The number of ether oxygens (including phenoxy) is 1. The minimum Gasteiger partial charge on any atom is -0.469 e. The van der Waals surface area contributed by atoms with E-state index < -0.39 is 0 Å². The van der Waals surface area contributed by atoms with Gasteiger partial charge < -0.3 is 14.1 Å². The van der Waals surface area contributed by atoms with E-state index in [9.17, 15) is 4.79 Å². The second kappa shape index (κ2) is 7.90. The zero-order valence-electron chi connectivity index (χ0n) is 10.6. The van der Waals surface area contributed by atoms with Gasteiger partial charge in [0.1, 0.15) is 12.4 Å². The van der Waals surface area contributed by atoms with Crippen LogP contribution >= 0.6 is 0 Å². The van der Waals surface area contributed by atoms with Crippen molar-refractivity contribution in [1.82, 2.24) is 4.90 Å². The predicted octanol–water partition coefficient (Wildman–Crippen LogP) is 2.10. The SMILES string of the molecule is CCN(CC)CCOC(=O)CCc1ccco1. The summed E-state index contributed by atoms with van der Waals surface area (Å²) in [6, 6.07) is 3.68. The van der Waals surface area contributed by atoms with E-state index in [1.54, 1.807) is 6.26 Å². The molecule has 1 heterocycles. The van der Waals surface area contributed by atoms with E-state index in [0.717, 1.165) is 25.4 Å². The molecule has 96 valence electrons.